The minimum Gasteiger partial charge on any atom is -0.326 e. The van der Waals surface area contributed by atoms with Crippen molar-refractivity contribution in [1.29, 1.82) is 0 Å². The maximum Gasteiger partial charge on any atom is 0.322 e. The van der Waals surface area contributed by atoms with Gasteiger partial charge in [-0.15, -0.1) is 0 Å². The summed E-state index contributed by atoms with van der Waals surface area (Å²) in [6, 6.07) is 13.9. The van der Waals surface area contributed by atoms with Gasteiger partial charge >= 0.3 is 6.03 Å². The molecule has 2 heterocycles. The van der Waals surface area contributed by atoms with Crippen molar-refractivity contribution in [2.24, 2.45) is 0 Å². The largest absolute Gasteiger partial charge is 0.326 e. The molecule has 5 nitrogen and oxygen atoms in total. The van der Waals surface area contributed by atoms with E-state index in [1.807, 2.05) is 55.1 Å². The van der Waals surface area contributed by atoms with Gasteiger partial charge in [-0.1, -0.05) is 29.8 Å². The molecule has 1 aliphatic heterocycles. The number of nitrogens with one attached hydrogen (secondary N) is 1. The highest BCUT2D eigenvalue weighted by Crippen LogP contribution is 2.26. The van der Waals surface area contributed by atoms with E-state index in [2.05, 4.69) is 20.9 Å². The lowest BCUT2D eigenvalue weighted by Gasteiger charge is -2.26. The summed E-state index contributed by atoms with van der Waals surface area (Å²) in [6.07, 6.45) is 1.99. The van der Waals surface area contributed by atoms with Crippen molar-refractivity contribution in [2.45, 2.75) is 39.3 Å². The summed E-state index contributed by atoms with van der Waals surface area (Å²) in [4.78, 5) is 19.4. The van der Waals surface area contributed by atoms with Crippen molar-refractivity contribution >= 4 is 34.4 Å². The van der Waals surface area contributed by atoms with E-state index < -0.39 is 0 Å². The molecule has 6 heteroatoms. The van der Waals surface area contributed by atoms with Gasteiger partial charge in [0.05, 0.1) is 27.8 Å². The van der Waals surface area contributed by atoms with E-state index in [0.717, 1.165) is 48.4 Å². The molecule has 27 heavy (non-hydrogen) atoms. The Morgan fingerprint density at radius 1 is 1.26 bits per heavy atom. The zero-order valence-corrected chi connectivity index (χ0v) is 16.3. The Bertz CT molecular complexity index is 997. The highest BCUT2D eigenvalue weighted by Gasteiger charge is 2.30. The molecule has 2 aromatic carbocycles. The molecule has 1 atom stereocenters. The number of fused-ring (bicyclic) bond motifs is 1. The number of benzene rings is 2. The summed E-state index contributed by atoms with van der Waals surface area (Å²) in [5, 5.41) is 3.54. The number of rotatable bonds is 3. The second-order valence-electron chi connectivity index (χ2n) is 7.16. The first-order valence-electron chi connectivity index (χ1n) is 9.28. The van der Waals surface area contributed by atoms with Gasteiger partial charge in [-0.05, 0) is 56.5 Å². The van der Waals surface area contributed by atoms with E-state index in [0.29, 0.717) is 10.7 Å². The zero-order valence-electron chi connectivity index (χ0n) is 15.6. The molecule has 4 rings (SSSR count). The molecular weight excluding hydrogens is 360 g/mol. The van der Waals surface area contributed by atoms with Crippen molar-refractivity contribution in [3.8, 4) is 0 Å². The van der Waals surface area contributed by atoms with Crippen molar-refractivity contribution in [2.75, 3.05) is 11.9 Å². The number of likely N-dealkylation sites (tertiary alicyclic amines) is 1. The minimum atomic E-state index is -0.0923. The van der Waals surface area contributed by atoms with Crippen LogP contribution >= 0.6 is 11.6 Å². The molecule has 0 spiro atoms. The molecular formula is C21H23ClN4O. The van der Waals surface area contributed by atoms with Crippen molar-refractivity contribution in [3.05, 3.63) is 58.9 Å². The van der Waals surface area contributed by atoms with Gasteiger partial charge in [0.1, 0.15) is 5.82 Å². The fraction of sp³-hybridized carbons (Fsp3) is 0.333. The van der Waals surface area contributed by atoms with Crippen LogP contribution in [-0.4, -0.2) is 33.1 Å². The highest BCUT2D eigenvalue weighted by atomic mass is 35.5. The zero-order chi connectivity index (χ0) is 19.0. The SMILES string of the molecule is Cc1ccc(NC(=O)N2CCCC2Cn2c(C)nc3ccccc32)c(Cl)c1. The third kappa shape index (κ3) is 3.52. The van der Waals surface area contributed by atoms with Crippen LogP contribution in [-0.2, 0) is 6.54 Å². The predicted molar refractivity (Wildman–Crippen MR) is 109 cm³/mol. The van der Waals surface area contributed by atoms with Crippen LogP contribution in [0.5, 0.6) is 0 Å². The molecule has 1 unspecified atom stereocenters. The number of urea groups is 1. The lowest BCUT2D eigenvalue weighted by molar-refractivity contribution is 0.201. The van der Waals surface area contributed by atoms with Gasteiger partial charge in [0.15, 0.2) is 0 Å². The number of para-hydroxylation sites is 2. The molecule has 1 aromatic heterocycles. The van der Waals surface area contributed by atoms with Crippen molar-refractivity contribution < 1.29 is 4.79 Å². The summed E-state index contributed by atoms with van der Waals surface area (Å²) < 4.78 is 2.21. The number of imidazole rings is 1. The van der Waals surface area contributed by atoms with E-state index in [9.17, 15) is 4.79 Å². The van der Waals surface area contributed by atoms with Crippen LogP contribution in [0, 0.1) is 13.8 Å². The van der Waals surface area contributed by atoms with Crippen LogP contribution in [0.1, 0.15) is 24.2 Å². The second kappa shape index (κ2) is 7.24. The number of aryl methyl sites for hydroxylation is 2. The maximum absolute atomic E-state index is 12.9. The van der Waals surface area contributed by atoms with Crippen LogP contribution in [0.15, 0.2) is 42.5 Å². The van der Waals surface area contributed by atoms with E-state index in [-0.39, 0.29) is 12.1 Å². The molecule has 2 amide bonds. The van der Waals surface area contributed by atoms with Gasteiger partial charge in [-0.25, -0.2) is 9.78 Å². The fourth-order valence-electron chi connectivity index (χ4n) is 3.84. The first kappa shape index (κ1) is 17.9. The van der Waals surface area contributed by atoms with Crippen molar-refractivity contribution in [1.82, 2.24) is 14.5 Å². The molecule has 140 valence electrons. The van der Waals surface area contributed by atoms with E-state index >= 15 is 0 Å². The number of hydrogen-bond acceptors (Lipinski definition) is 2. The Morgan fingerprint density at radius 2 is 2.07 bits per heavy atom. The van der Waals surface area contributed by atoms with Gasteiger partial charge < -0.3 is 14.8 Å². The van der Waals surface area contributed by atoms with Gasteiger partial charge in [0.2, 0.25) is 0 Å². The molecule has 1 fully saturated rings. The Hall–Kier alpha value is -2.53. The lowest BCUT2D eigenvalue weighted by Crippen LogP contribution is -2.41. The van der Waals surface area contributed by atoms with Crippen LogP contribution in [0.25, 0.3) is 11.0 Å². The Morgan fingerprint density at radius 3 is 2.89 bits per heavy atom. The second-order valence-corrected chi connectivity index (χ2v) is 7.57. The molecule has 0 aliphatic carbocycles. The number of anilines is 1. The average Bonchev–Trinajstić information content (AvgIpc) is 3.23. The average molecular weight is 383 g/mol. The summed E-state index contributed by atoms with van der Waals surface area (Å²) in [5.74, 6) is 0.977. The number of amides is 2. The summed E-state index contributed by atoms with van der Waals surface area (Å²) in [6.45, 7) is 5.50. The summed E-state index contributed by atoms with van der Waals surface area (Å²) in [7, 11) is 0. The maximum atomic E-state index is 12.9. The minimum absolute atomic E-state index is 0.0923. The van der Waals surface area contributed by atoms with Gasteiger partial charge in [-0.2, -0.15) is 0 Å². The van der Waals surface area contributed by atoms with Gasteiger partial charge in [0.25, 0.3) is 0 Å². The Balaban J connectivity index is 1.53. The molecule has 1 N–H and O–H groups in total. The van der Waals surface area contributed by atoms with Crippen LogP contribution < -0.4 is 5.32 Å². The number of halogens is 1. The molecule has 3 aromatic rings. The van der Waals surface area contributed by atoms with Crippen LogP contribution in [0.2, 0.25) is 5.02 Å². The number of aromatic nitrogens is 2. The summed E-state index contributed by atoms with van der Waals surface area (Å²) >= 11 is 6.27. The third-order valence-corrected chi connectivity index (χ3v) is 5.56. The molecule has 0 saturated carbocycles. The monoisotopic (exact) mass is 382 g/mol. The van der Waals surface area contributed by atoms with E-state index in [1.165, 1.54) is 0 Å². The molecule has 1 aliphatic rings. The first-order valence-corrected chi connectivity index (χ1v) is 9.66. The number of carbonyl (C=O) groups is 1. The van der Waals surface area contributed by atoms with E-state index in [4.69, 9.17) is 11.6 Å². The van der Waals surface area contributed by atoms with Crippen molar-refractivity contribution in [3.63, 3.8) is 0 Å². The number of carbonyl (C=O) groups excluding carboxylic acids is 1. The normalized spacial score (nSPS) is 16.9. The Kier molecular flexibility index (Phi) is 4.79. The number of hydrogen-bond donors (Lipinski definition) is 1. The highest BCUT2D eigenvalue weighted by molar-refractivity contribution is 6.33. The topological polar surface area (TPSA) is 50.2 Å². The summed E-state index contributed by atoms with van der Waals surface area (Å²) in [5.41, 5.74) is 3.83. The van der Waals surface area contributed by atoms with Crippen LogP contribution in [0.4, 0.5) is 10.5 Å². The molecule has 0 radical (unpaired) electrons. The van der Waals surface area contributed by atoms with Gasteiger partial charge in [-0.3, -0.25) is 0 Å². The van der Waals surface area contributed by atoms with Crippen LogP contribution in [0.3, 0.4) is 0 Å². The quantitative estimate of drug-likeness (QED) is 0.692. The number of nitrogens with zero attached hydrogens (tertiary/aromatic N) is 3. The fourth-order valence-corrected chi connectivity index (χ4v) is 4.12. The lowest BCUT2D eigenvalue weighted by atomic mass is 10.2. The smallest absolute Gasteiger partial charge is 0.322 e. The van der Waals surface area contributed by atoms with E-state index in [1.54, 1.807) is 0 Å². The Labute approximate surface area is 163 Å². The third-order valence-electron chi connectivity index (χ3n) is 5.24. The first-order chi connectivity index (χ1) is 13.0. The molecule has 1 saturated heterocycles. The standard InChI is InChI=1S/C21H23ClN4O/c1-14-9-10-18(17(22)12-14)24-21(27)25-11-5-6-16(25)13-26-15(2)23-19-7-3-4-8-20(19)26/h3-4,7-10,12,16H,5-6,11,13H2,1-2H3,(H,24,27). The van der Waals surface area contributed by atoms with Gasteiger partial charge in [0, 0.05) is 13.1 Å². The molecule has 0 bridgehead atoms. The predicted octanol–water partition coefficient (Wildman–Crippen LogP) is 5.00.